The number of aromatic hydroxyl groups is 1. The Morgan fingerprint density at radius 3 is 2.41 bits per heavy atom. The third-order valence-electron chi connectivity index (χ3n) is 4.56. The van der Waals surface area contributed by atoms with Gasteiger partial charge in [-0.25, -0.2) is 0 Å². The highest BCUT2D eigenvalue weighted by atomic mass is 16.7. The van der Waals surface area contributed by atoms with Gasteiger partial charge >= 0.3 is 0 Å². The fourth-order valence-corrected chi connectivity index (χ4v) is 2.92. The Kier molecular flexibility index (Phi) is 6.63. The molecule has 2 aromatic carbocycles. The van der Waals surface area contributed by atoms with Crippen LogP contribution in [-0.4, -0.2) is 68.6 Å². The molecule has 0 amide bonds. The van der Waals surface area contributed by atoms with E-state index in [1.807, 2.05) is 30.3 Å². The van der Waals surface area contributed by atoms with Crippen molar-refractivity contribution >= 4 is 11.9 Å². The van der Waals surface area contributed by atoms with Crippen LogP contribution in [0.25, 0.3) is 6.08 Å². The van der Waals surface area contributed by atoms with Gasteiger partial charge in [-0.05, 0) is 23.8 Å². The molecule has 8 nitrogen and oxygen atoms in total. The summed E-state index contributed by atoms with van der Waals surface area (Å²) in [6.45, 7) is -0.586. The van der Waals surface area contributed by atoms with Crippen molar-refractivity contribution in [2.75, 3.05) is 6.61 Å². The smallest absolute Gasteiger partial charge is 0.229 e. The number of hydrogen-bond donors (Lipinski definition) is 5. The average Bonchev–Trinajstić information content (AvgIpc) is 2.73. The first-order valence-electron chi connectivity index (χ1n) is 8.98. The van der Waals surface area contributed by atoms with Gasteiger partial charge in [0.2, 0.25) is 6.29 Å². The number of ketones is 1. The molecule has 0 bridgehead atoms. The zero-order valence-corrected chi connectivity index (χ0v) is 15.3. The maximum absolute atomic E-state index is 12.3. The van der Waals surface area contributed by atoms with Crippen molar-refractivity contribution in [2.24, 2.45) is 0 Å². The first-order valence-corrected chi connectivity index (χ1v) is 8.98. The molecule has 3 rings (SSSR count). The van der Waals surface area contributed by atoms with Gasteiger partial charge in [-0.3, -0.25) is 4.79 Å². The van der Waals surface area contributed by atoms with E-state index < -0.39 is 43.1 Å². The Morgan fingerprint density at radius 2 is 1.76 bits per heavy atom. The predicted molar refractivity (Wildman–Crippen MR) is 102 cm³/mol. The Balaban J connectivity index is 1.71. The van der Waals surface area contributed by atoms with Crippen molar-refractivity contribution in [3.63, 3.8) is 0 Å². The number of phenols is 1. The maximum atomic E-state index is 12.3. The molecule has 1 saturated heterocycles. The van der Waals surface area contributed by atoms with E-state index >= 15 is 0 Å². The number of phenolic OH excluding ortho intramolecular Hbond substituents is 1. The van der Waals surface area contributed by atoms with Crippen LogP contribution in [-0.2, 0) is 4.74 Å². The van der Waals surface area contributed by atoms with E-state index in [4.69, 9.17) is 9.47 Å². The number of rotatable bonds is 6. The van der Waals surface area contributed by atoms with Crippen molar-refractivity contribution in [3.8, 4) is 11.5 Å². The topological polar surface area (TPSA) is 137 Å². The molecule has 0 radical (unpaired) electrons. The Morgan fingerprint density at radius 1 is 1.03 bits per heavy atom. The van der Waals surface area contributed by atoms with Crippen molar-refractivity contribution < 1.29 is 39.8 Å². The molecule has 29 heavy (non-hydrogen) atoms. The molecule has 8 heteroatoms. The minimum Gasteiger partial charge on any atom is -0.507 e. The van der Waals surface area contributed by atoms with E-state index in [0.29, 0.717) is 0 Å². The van der Waals surface area contributed by atoms with Gasteiger partial charge in [0, 0.05) is 6.07 Å². The molecule has 0 spiro atoms. The Bertz CT molecular complexity index is 864. The average molecular weight is 402 g/mol. The van der Waals surface area contributed by atoms with Gasteiger partial charge in [0.05, 0.1) is 12.2 Å². The van der Waals surface area contributed by atoms with E-state index in [-0.39, 0.29) is 17.1 Å². The lowest BCUT2D eigenvalue weighted by Crippen LogP contribution is -2.60. The van der Waals surface area contributed by atoms with Crippen LogP contribution in [0.3, 0.4) is 0 Å². The zero-order chi connectivity index (χ0) is 21.0. The molecule has 0 saturated carbocycles. The molecule has 0 unspecified atom stereocenters. The second-order valence-electron chi connectivity index (χ2n) is 6.60. The highest BCUT2D eigenvalue weighted by Gasteiger charge is 2.44. The predicted octanol–water partition coefficient (Wildman–Crippen LogP) is 0.467. The van der Waals surface area contributed by atoms with Crippen LogP contribution >= 0.6 is 0 Å². The van der Waals surface area contributed by atoms with Crippen molar-refractivity contribution in [2.45, 2.75) is 30.7 Å². The standard InChI is InChI=1S/C21H22O8/c22-11-17-18(25)19(26)20(27)21(29-17)28-13-7-8-14(16(24)10-13)15(23)9-6-12-4-2-1-3-5-12/h1-10,17-22,24-27H,11H2/b9-6+/t17-,18-,19+,20-,21-/m1/s1. The number of aliphatic hydroxyl groups excluding tert-OH is 4. The summed E-state index contributed by atoms with van der Waals surface area (Å²) in [4.78, 5) is 12.3. The van der Waals surface area contributed by atoms with E-state index in [9.17, 15) is 30.3 Å². The van der Waals surface area contributed by atoms with E-state index in [1.165, 1.54) is 24.3 Å². The van der Waals surface area contributed by atoms with Crippen LogP contribution in [0.1, 0.15) is 15.9 Å². The van der Waals surface area contributed by atoms with Gasteiger partial charge < -0.3 is 35.0 Å². The largest absolute Gasteiger partial charge is 0.507 e. The van der Waals surface area contributed by atoms with Crippen LogP contribution in [0.2, 0.25) is 0 Å². The first kappa shape index (κ1) is 21.0. The maximum Gasteiger partial charge on any atom is 0.229 e. The normalized spacial score (nSPS) is 27.1. The van der Waals surface area contributed by atoms with Gasteiger partial charge in [-0.15, -0.1) is 0 Å². The van der Waals surface area contributed by atoms with Crippen LogP contribution in [0, 0.1) is 0 Å². The third kappa shape index (κ3) is 4.81. The van der Waals surface area contributed by atoms with Gasteiger partial charge in [-0.2, -0.15) is 0 Å². The quantitative estimate of drug-likeness (QED) is 0.347. The summed E-state index contributed by atoms with van der Waals surface area (Å²) < 4.78 is 10.7. The number of carbonyl (C=O) groups is 1. The van der Waals surface area contributed by atoms with Crippen LogP contribution in [0.5, 0.6) is 11.5 Å². The number of benzene rings is 2. The molecular formula is C21H22O8. The second-order valence-corrected chi connectivity index (χ2v) is 6.60. The molecule has 1 fully saturated rings. The van der Waals surface area contributed by atoms with E-state index in [1.54, 1.807) is 6.08 Å². The highest BCUT2D eigenvalue weighted by molar-refractivity contribution is 6.08. The van der Waals surface area contributed by atoms with Crippen LogP contribution < -0.4 is 4.74 Å². The molecule has 2 aromatic rings. The summed E-state index contributed by atoms with van der Waals surface area (Å²) in [5, 5.41) is 49.0. The summed E-state index contributed by atoms with van der Waals surface area (Å²) in [5.41, 5.74) is 0.890. The summed E-state index contributed by atoms with van der Waals surface area (Å²) in [6, 6.07) is 13.1. The summed E-state index contributed by atoms with van der Waals surface area (Å²) in [7, 11) is 0. The molecular weight excluding hydrogens is 380 g/mol. The minimum absolute atomic E-state index is 0.0540. The van der Waals surface area contributed by atoms with Gasteiger partial charge in [0.1, 0.15) is 35.9 Å². The molecule has 0 aliphatic carbocycles. The highest BCUT2D eigenvalue weighted by Crippen LogP contribution is 2.28. The molecule has 154 valence electrons. The van der Waals surface area contributed by atoms with Gasteiger partial charge in [0.15, 0.2) is 5.78 Å². The lowest BCUT2D eigenvalue weighted by atomic mass is 9.99. The Hall–Kier alpha value is -2.75. The lowest BCUT2D eigenvalue weighted by Gasteiger charge is -2.39. The van der Waals surface area contributed by atoms with E-state index in [2.05, 4.69) is 0 Å². The molecule has 1 aliphatic heterocycles. The lowest BCUT2D eigenvalue weighted by molar-refractivity contribution is -0.277. The SMILES string of the molecule is O=C(/C=C/c1ccccc1)c1ccc(O[C@@H]2O[C@H](CO)[C@@H](O)[C@H](O)[C@H]2O)cc1O. The molecule has 1 heterocycles. The van der Waals surface area contributed by atoms with Crippen LogP contribution in [0.4, 0.5) is 0 Å². The van der Waals surface area contributed by atoms with Crippen LogP contribution in [0.15, 0.2) is 54.6 Å². The van der Waals surface area contributed by atoms with Crippen molar-refractivity contribution in [1.29, 1.82) is 0 Å². The Labute approximate surface area is 166 Å². The fraction of sp³-hybridized carbons (Fsp3) is 0.286. The van der Waals surface area contributed by atoms with E-state index in [0.717, 1.165) is 5.56 Å². The number of hydrogen-bond acceptors (Lipinski definition) is 8. The third-order valence-corrected chi connectivity index (χ3v) is 4.56. The zero-order valence-electron chi connectivity index (χ0n) is 15.3. The number of ether oxygens (including phenoxy) is 2. The number of aliphatic hydroxyl groups is 4. The first-order chi connectivity index (χ1) is 13.9. The fourth-order valence-electron chi connectivity index (χ4n) is 2.92. The second kappa shape index (κ2) is 9.17. The van der Waals surface area contributed by atoms with Crippen molar-refractivity contribution in [1.82, 2.24) is 0 Å². The minimum atomic E-state index is -1.58. The molecule has 1 aliphatic rings. The number of carbonyl (C=O) groups excluding carboxylic acids is 1. The van der Waals surface area contributed by atoms with Crippen molar-refractivity contribution in [3.05, 3.63) is 65.7 Å². The summed E-state index contributed by atoms with van der Waals surface area (Å²) in [5.74, 6) is -0.684. The monoisotopic (exact) mass is 402 g/mol. The number of allylic oxidation sites excluding steroid dienone is 1. The molecule has 5 N–H and O–H groups in total. The van der Waals surface area contributed by atoms with Gasteiger partial charge in [0.25, 0.3) is 0 Å². The van der Waals surface area contributed by atoms with Gasteiger partial charge in [-0.1, -0.05) is 36.4 Å². The summed E-state index contributed by atoms with van der Waals surface area (Å²) >= 11 is 0. The molecule has 0 aromatic heterocycles. The summed E-state index contributed by atoms with van der Waals surface area (Å²) in [6.07, 6.45) is -4.20. The molecule has 5 atom stereocenters.